The smallest absolute Gasteiger partial charge is 0.324 e. The van der Waals surface area contributed by atoms with Crippen molar-refractivity contribution in [3.63, 3.8) is 0 Å². The van der Waals surface area contributed by atoms with Crippen LogP contribution in [0.1, 0.15) is 34.8 Å². The van der Waals surface area contributed by atoms with Crippen molar-refractivity contribution in [2.75, 3.05) is 13.2 Å². The molecule has 0 bridgehead atoms. The molecule has 0 atom stereocenters. The van der Waals surface area contributed by atoms with Gasteiger partial charge < -0.3 is 15.4 Å². The second kappa shape index (κ2) is 8.98. The van der Waals surface area contributed by atoms with Gasteiger partial charge in [0.05, 0.1) is 19.7 Å². The van der Waals surface area contributed by atoms with Crippen LogP contribution < -0.4 is 15.4 Å². The van der Waals surface area contributed by atoms with Crippen molar-refractivity contribution < 1.29 is 19.1 Å². The van der Waals surface area contributed by atoms with Gasteiger partial charge in [-0.15, -0.1) is 0 Å². The quantitative estimate of drug-likeness (QED) is 0.679. The van der Waals surface area contributed by atoms with Crippen molar-refractivity contribution in [1.29, 1.82) is 0 Å². The summed E-state index contributed by atoms with van der Waals surface area (Å²) in [6.07, 6.45) is 2.55. The fraction of sp³-hybridized carbons (Fsp3) is 0.300. The molecule has 4 amide bonds. The summed E-state index contributed by atoms with van der Waals surface area (Å²) in [5, 5.41) is 5.33. The zero-order valence-corrected chi connectivity index (χ0v) is 15.6. The van der Waals surface area contributed by atoms with Gasteiger partial charge in [0.25, 0.3) is 5.91 Å². The summed E-state index contributed by atoms with van der Waals surface area (Å²) in [5.41, 5.74) is 2.16. The first kappa shape index (κ1) is 19.3. The first-order valence-corrected chi connectivity index (χ1v) is 9.10. The molecular formula is C20H22N4O4. The zero-order chi connectivity index (χ0) is 19.9. The molecule has 0 spiro atoms. The minimum absolute atomic E-state index is 0.0273. The van der Waals surface area contributed by atoms with Crippen molar-refractivity contribution in [3.8, 4) is 5.88 Å². The van der Waals surface area contributed by atoms with Crippen molar-refractivity contribution in [2.45, 2.75) is 26.4 Å². The van der Waals surface area contributed by atoms with Crippen LogP contribution in [-0.4, -0.2) is 40.9 Å². The van der Waals surface area contributed by atoms with E-state index in [1.807, 2.05) is 13.0 Å². The largest absolute Gasteiger partial charge is 0.478 e. The maximum Gasteiger partial charge on any atom is 0.324 e. The van der Waals surface area contributed by atoms with Crippen molar-refractivity contribution in [3.05, 3.63) is 59.3 Å². The number of carbonyl (C=O) groups excluding carboxylic acids is 3. The van der Waals surface area contributed by atoms with Crippen LogP contribution in [0.3, 0.4) is 0 Å². The topological polar surface area (TPSA) is 101 Å². The lowest BCUT2D eigenvalue weighted by Gasteiger charge is -2.12. The lowest BCUT2D eigenvalue weighted by Crippen LogP contribution is -2.30. The Morgan fingerprint density at radius 3 is 2.68 bits per heavy atom. The summed E-state index contributed by atoms with van der Waals surface area (Å²) in [4.78, 5) is 40.8. The van der Waals surface area contributed by atoms with Crippen LogP contribution in [0, 0.1) is 0 Å². The van der Waals surface area contributed by atoms with E-state index in [1.165, 1.54) is 0 Å². The Labute approximate surface area is 162 Å². The number of imide groups is 1. The third-order valence-corrected chi connectivity index (χ3v) is 4.20. The SMILES string of the molecule is CCCOc1cc(CNC(=O)c2ccc(CN3C(=O)CNC3=O)cc2)ccn1. The number of amides is 4. The summed E-state index contributed by atoms with van der Waals surface area (Å²) in [6.45, 7) is 3.19. The number of carbonyl (C=O) groups is 3. The van der Waals surface area contributed by atoms with Gasteiger partial charge in [-0.3, -0.25) is 14.5 Å². The van der Waals surface area contributed by atoms with E-state index in [2.05, 4.69) is 15.6 Å². The normalized spacial score (nSPS) is 13.4. The number of rotatable bonds is 8. The minimum atomic E-state index is -0.397. The van der Waals surface area contributed by atoms with Gasteiger partial charge in [-0.25, -0.2) is 9.78 Å². The van der Waals surface area contributed by atoms with E-state index in [4.69, 9.17) is 4.74 Å². The fourth-order valence-corrected chi connectivity index (χ4v) is 2.69. The monoisotopic (exact) mass is 382 g/mol. The summed E-state index contributed by atoms with van der Waals surface area (Å²) < 4.78 is 5.49. The Morgan fingerprint density at radius 1 is 1.21 bits per heavy atom. The number of benzene rings is 1. The van der Waals surface area contributed by atoms with Gasteiger partial charge in [-0.1, -0.05) is 19.1 Å². The Balaban J connectivity index is 1.55. The van der Waals surface area contributed by atoms with E-state index in [-0.39, 0.29) is 24.9 Å². The molecule has 146 valence electrons. The number of aromatic nitrogens is 1. The maximum atomic E-state index is 12.3. The van der Waals surface area contributed by atoms with Crippen LogP contribution >= 0.6 is 0 Å². The molecule has 8 heteroatoms. The van der Waals surface area contributed by atoms with E-state index in [1.54, 1.807) is 36.5 Å². The number of nitrogens with zero attached hydrogens (tertiary/aromatic N) is 2. The second-order valence-corrected chi connectivity index (χ2v) is 6.37. The predicted octanol–water partition coefficient (Wildman–Crippen LogP) is 1.85. The Kier molecular flexibility index (Phi) is 6.21. The summed E-state index contributed by atoms with van der Waals surface area (Å²) in [7, 11) is 0. The number of pyridine rings is 1. The number of ether oxygens (including phenoxy) is 1. The second-order valence-electron chi connectivity index (χ2n) is 6.37. The molecule has 1 saturated heterocycles. The first-order chi connectivity index (χ1) is 13.6. The Bertz CT molecular complexity index is 851. The van der Waals surface area contributed by atoms with Crippen LogP contribution in [0.25, 0.3) is 0 Å². The predicted molar refractivity (Wildman–Crippen MR) is 102 cm³/mol. The molecule has 1 fully saturated rings. The van der Waals surface area contributed by atoms with Crippen LogP contribution in [-0.2, 0) is 17.9 Å². The molecule has 3 rings (SSSR count). The molecule has 2 N–H and O–H groups in total. The minimum Gasteiger partial charge on any atom is -0.478 e. The van der Waals surface area contributed by atoms with Gasteiger partial charge in [-0.05, 0) is 35.7 Å². The molecule has 1 aliphatic rings. The molecule has 28 heavy (non-hydrogen) atoms. The van der Waals surface area contributed by atoms with Crippen molar-refractivity contribution in [1.82, 2.24) is 20.5 Å². The number of hydrogen-bond donors (Lipinski definition) is 2. The first-order valence-electron chi connectivity index (χ1n) is 9.10. The highest BCUT2D eigenvalue weighted by Crippen LogP contribution is 2.12. The summed E-state index contributed by atoms with van der Waals surface area (Å²) >= 11 is 0. The van der Waals surface area contributed by atoms with Gasteiger partial charge in [0.15, 0.2) is 0 Å². The molecule has 1 aromatic carbocycles. The van der Waals surface area contributed by atoms with Gasteiger partial charge in [0, 0.05) is 24.4 Å². The Hall–Kier alpha value is -3.42. The molecule has 2 aromatic rings. The molecule has 0 aliphatic carbocycles. The third-order valence-electron chi connectivity index (χ3n) is 4.20. The fourth-order valence-electron chi connectivity index (χ4n) is 2.69. The zero-order valence-electron chi connectivity index (χ0n) is 15.6. The molecule has 8 nitrogen and oxygen atoms in total. The van der Waals surface area contributed by atoms with E-state index in [9.17, 15) is 14.4 Å². The number of nitrogens with one attached hydrogen (secondary N) is 2. The van der Waals surface area contributed by atoms with Crippen molar-refractivity contribution >= 4 is 17.8 Å². The molecule has 1 aromatic heterocycles. The number of urea groups is 1. The Morgan fingerprint density at radius 2 is 2.00 bits per heavy atom. The third kappa shape index (κ3) is 4.85. The highest BCUT2D eigenvalue weighted by Gasteiger charge is 2.28. The van der Waals surface area contributed by atoms with E-state index in [0.717, 1.165) is 22.4 Å². The van der Waals surface area contributed by atoms with Crippen LogP contribution in [0.2, 0.25) is 0 Å². The van der Waals surface area contributed by atoms with E-state index in [0.29, 0.717) is 24.6 Å². The van der Waals surface area contributed by atoms with Gasteiger partial charge in [-0.2, -0.15) is 0 Å². The van der Waals surface area contributed by atoms with Crippen LogP contribution in [0.5, 0.6) is 5.88 Å². The van der Waals surface area contributed by atoms with Crippen molar-refractivity contribution in [2.24, 2.45) is 0 Å². The molecule has 0 unspecified atom stereocenters. The average molecular weight is 382 g/mol. The summed E-state index contributed by atoms with van der Waals surface area (Å²) in [5.74, 6) is 0.0688. The number of hydrogen-bond acceptors (Lipinski definition) is 5. The molecular weight excluding hydrogens is 360 g/mol. The maximum absolute atomic E-state index is 12.3. The van der Waals surface area contributed by atoms with E-state index < -0.39 is 6.03 Å². The lowest BCUT2D eigenvalue weighted by molar-refractivity contribution is -0.125. The van der Waals surface area contributed by atoms with E-state index >= 15 is 0 Å². The highest BCUT2D eigenvalue weighted by molar-refractivity contribution is 6.01. The van der Waals surface area contributed by atoms with Crippen LogP contribution in [0.4, 0.5) is 4.79 Å². The van der Waals surface area contributed by atoms with Crippen LogP contribution in [0.15, 0.2) is 42.6 Å². The standard InChI is InChI=1S/C20H22N4O4/c1-2-9-28-17-10-15(7-8-21-17)11-22-19(26)16-5-3-14(4-6-16)13-24-18(25)12-23-20(24)27/h3-8,10H,2,9,11-13H2,1H3,(H,22,26)(H,23,27). The van der Waals surface area contributed by atoms with Gasteiger partial charge in [0.2, 0.25) is 11.8 Å². The average Bonchev–Trinajstić information content (AvgIpc) is 3.03. The van der Waals surface area contributed by atoms with Gasteiger partial charge in [0.1, 0.15) is 0 Å². The molecule has 0 saturated carbocycles. The molecule has 2 heterocycles. The highest BCUT2D eigenvalue weighted by atomic mass is 16.5. The lowest BCUT2D eigenvalue weighted by atomic mass is 10.1. The summed E-state index contributed by atoms with van der Waals surface area (Å²) in [6, 6.07) is 10.0. The van der Waals surface area contributed by atoms with Gasteiger partial charge >= 0.3 is 6.03 Å². The molecule has 0 radical (unpaired) electrons. The molecule has 1 aliphatic heterocycles.